The number of rotatable bonds is 3. The van der Waals surface area contributed by atoms with Crippen molar-refractivity contribution in [3.8, 4) is 0 Å². The molecule has 2 heterocycles. The lowest BCUT2D eigenvalue weighted by atomic mass is 9.93. The molecule has 5 heteroatoms. The van der Waals surface area contributed by atoms with Gasteiger partial charge in [-0.15, -0.1) is 0 Å². The first-order chi connectivity index (χ1) is 15.0. The molecule has 1 aromatic heterocycles. The van der Waals surface area contributed by atoms with Crippen molar-refractivity contribution in [2.45, 2.75) is 26.8 Å². The van der Waals surface area contributed by atoms with Crippen LogP contribution >= 0.6 is 0 Å². The molecule has 0 radical (unpaired) electrons. The molecule has 0 saturated carbocycles. The van der Waals surface area contributed by atoms with Crippen molar-refractivity contribution in [2.24, 2.45) is 0 Å². The second-order valence-electron chi connectivity index (χ2n) is 8.09. The van der Waals surface area contributed by atoms with Crippen LogP contribution in [-0.2, 0) is 4.79 Å². The van der Waals surface area contributed by atoms with Gasteiger partial charge in [0.2, 0.25) is 5.95 Å². The number of hydrogen-bond donors (Lipinski definition) is 2. The fourth-order valence-corrected chi connectivity index (χ4v) is 4.25. The first-order valence-corrected chi connectivity index (χ1v) is 10.4. The maximum absolute atomic E-state index is 13.6. The Balaban J connectivity index is 1.66. The molecule has 3 aromatic carbocycles. The quantitative estimate of drug-likeness (QED) is 0.465. The maximum Gasteiger partial charge on any atom is 0.255 e. The molecule has 0 bridgehead atoms. The summed E-state index contributed by atoms with van der Waals surface area (Å²) in [4.78, 5) is 18.3. The van der Waals surface area contributed by atoms with Crippen molar-refractivity contribution in [1.82, 2.24) is 9.55 Å². The lowest BCUT2D eigenvalue weighted by Gasteiger charge is -2.31. The third kappa shape index (κ3) is 3.38. The normalized spacial score (nSPS) is 15.5. The van der Waals surface area contributed by atoms with Gasteiger partial charge < -0.3 is 10.6 Å². The number of benzene rings is 3. The molecule has 1 aliphatic heterocycles. The van der Waals surface area contributed by atoms with Gasteiger partial charge in [-0.25, -0.2) is 4.98 Å². The highest BCUT2D eigenvalue weighted by atomic mass is 16.1. The number of hydrogen-bond acceptors (Lipinski definition) is 3. The molecule has 31 heavy (non-hydrogen) atoms. The summed E-state index contributed by atoms with van der Waals surface area (Å²) in [5.41, 5.74) is 7.51. The molecule has 2 N–H and O–H groups in total. The van der Waals surface area contributed by atoms with E-state index in [0.717, 1.165) is 45.1 Å². The van der Waals surface area contributed by atoms with Crippen LogP contribution in [0.3, 0.4) is 0 Å². The average molecular weight is 409 g/mol. The van der Waals surface area contributed by atoms with Crippen LogP contribution in [0.2, 0.25) is 0 Å². The molecular weight excluding hydrogens is 384 g/mol. The molecule has 0 saturated heterocycles. The van der Waals surface area contributed by atoms with E-state index >= 15 is 0 Å². The van der Waals surface area contributed by atoms with E-state index in [1.165, 1.54) is 0 Å². The first kappa shape index (κ1) is 19.1. The second kappa shape index (κ2) is 7.43. The predicted molar refractivity (Wildman–Crippen MR) is 125 cm³/mol. The number of nitrogens with one attached hydrogen (secondary N) is 2. The van der Waals surface area contributed by atoms with Crippen LogP contribution in [-0.4, -0.2) is 15.5 Å². The third-order valence-electron chi connectivity index (χ3n) is 5.74. The molecule has 1 unspecified atom stereocenters. The highest BCUT2D eigenvalue weighted by Gasteiger charge is 2.34. The molecule has 1 amide bonds. The van der Waals surface area contributed by atoms with Gasteiger partial charge in [0.05, 0.1) is 22.6 Å². The SMILES string of the molecule is CC1=C(C(=O)Nc2ccc(C)cc2)C(c2cccc(C)c2)n2c(nc3ccccc32)N1. The number of amides is 1. The van der Waals surface area contributed by atoms with Crippen molar-refractivity contribution in [3.63, 3.8) is 0 Å². The van der Waals surface area contributed by atoms with Crippen LogP contribution in [0.4, 0.5) is 11.6 Å². The Labute approximate surface area is 181 Å². The molecular formula is C26H24N4O. The van der Waals surface area contributed by atoms with Crippen LogP contribution < -0.4 is 10.6 Å². The Hall–Kier alpha value is -3.86. The van der Waals surface area contributed by atoms with E-state index in [2.05, 4.69) is 40.3 Å². The summed E-state index contributed by atoms with van der Waals surface area (Å²) in [5, 5.41) is 6.44. The molecule has 5 rings (SSSR count). The van der Waals surface area contributed by atoms with Gasteiger partial charge in [0.1, 0.15) is 0 Å². The summed E-state index contributed by atoms with van der Waals surface area (Å²) < 4.78 is 2.13. The van der Waals surface area contributed by atoms with Crippen molar-refractivity contribution in [3.05, 3.63) is 101 Å². The predicted octanol–water partition coefficient (Wildman–Crippen LogP) is 5.58. The summed E-state index contributed by atoms with van der Waals surface area (Å²) in [6, 6.07) is 23.9. The monoisotopic (exact) mass is 408 g/mol. The summed E-state index contributed by atoms with van der Waals surface area (Å²) in [6.07, 6.45) is 0. The standard InChI is InChI=1S/C26H24N4O/c1-16-11-13-20(14-12-16)28-25(31)23-18(3)27-26-29-21-9-4-5-10-22(21)30(26)24(23)19-8-6-7-17(2)15-19/h4-15,24H,1-3H3,(H,27,29)(H,28,31). The molecule has 0 aliphatic carbocycles. The maximum atomic E-state index is 13.6. The van der Waals surface area contributed by atoms with E-state index in [1.54, 1.807) is 0 Å². The van der Waals surface area contributed by atoms with E-state index in [-0.39, 0.29) is 11.9 Å². The summed E-state index contributed by atoms with van der Waals surface area (Å²) in [5.74, 6) is 0.626. The van der Waals surface area contributed by atoms with E-state index in [4.69, 9.17) is 4.98 Å². The lowest BCUT2D eigenvalue weighted by Crippen LogP contribution is -2.31. The average Bonchev–Trinajstić information content (AvgIpc) is 3.12. The van der Waals surface area contributed by atoms with Gasteiger partial charge in [0.25, 0.3) is 5.91 Å². The zero-order valence-electron chi connectivity index (χ0n) is 17.8. The number of aryl methyl sites for hydroxylation is 2. The molecule has 1 aliphatic rings. The minimum Gasteiger partial charge on any atom is -0.329 e. The molecule has 0 fully saturated rings. The minimum atomic E-state index is -0.283. The van der Waals surface area contributed by atoms with Gasteiger partial charge in [-0.05, 0) is 50.6 Å². The third-order valence-corrected chi connectivity index (χ3v) is 5.74. The number of nitrogens with zero attached hydrogens (tertiary/aromatic N) is 2. The van der Waals surface area contributed by atoms with Gasteiger partial charge in [-0.2, -0.15) is 0 Å². The topological polar surface area (TPSA) is 59.0 Å². The highest BCUT2D eigenvalue weighted by molar-refractivity contribution is 6.06. The number of allylic oxidation sites excluding steroid dienone is 1. The molecule has 154 valence electrons. The summed E-state index contributed by atoms with van der Waals surface area (Å²) in [7, 11) is 0. The van der Waals surface area contributed by atoms with Gasteiger partial charge in [0.15, 0.2) is 0 Å². The Morgan fingerprint density at radius 2 is 1.71 bits per heavy atom. The fourth-order valence-electron chi connectivity index (χ4n) is 4.25. The Kier molecular flexibility index (Phi) is 4.59. The van der Waals surface area contributed by atoms with E-state index in [1.807, 2.05) is 68.4 Å². The van der Waals surface area contributed by atoms with Crippen LogP contribution in [0.25, 0.3) is 11.0 Å². The second-order valence-corrected chi connectivity index (χ2v) is 8.09. The highest BCUT2D eigenvalue weighted by Crippen LogP contribution is 2.39. The van der Waals surface area contributed by atoms with Crippen molar-refractivity contribution >= 4 is 28.6 Å². The van der Waals surface area contributed by atoms with Gasteiger partial charge >= 0.3 is 0 Å². The Morgan fingerprint density at radius 1 is 0.935 bits per heavy atom. The number of aromatic nitrogens is 2. The Bertz CT molecular complexity index is 1330. The molecule has 5 nitrogen and oxygen atoms in total. The number of carbonyl (C=O) groups excluding carboxylic acids is 1. The zero-order valence-corrected chi connectivity index (χ0v) is 17.8. The van der Waals surface area contributed by atoms with E-state index < -0.39 is 0 Å². The molecule has 1 atom stereocenters. The molecule has 0 spiro atoms. The number of anilines is 2. The largest absolute Gasteiger partial charge is 0.329 e. The molecule has 4 aromatic rings. The number of para-hydroxylation sites is 2. The van der Waals surface area contributed by atoms with Gasteiger partial charge in [0, 0.05) is 11.4 Å². The Morgan fingerprint density at radius 3 is 2.48 bits per heavy atom. The van der Waals surface area contributed by atoms with Crippen LogP contribution in [0, 0.1) is 13.8 Å². The minimum absolute atomic E-state index is 0.121. The lowest BCUT2D eigenvalue weighted by molar-refractivity contribution is -0.113. The first-order valence-electron chi connectivity index (χ1n) is 10.4. The number of fused-ring (bicyclic) bond motifs is 3. The summed E-state index contributed by atoms with van der Waals surface area (Å²) >= 11 is 0. The van der Waals surface area contributed by atoms with Gasteiger partial charge in [-0.3, -0.25) is 9.36 Å². The van der Waals surface area contributed by atoms with Crippen LogP contribution in [0.15, 0.2) is 84.1 Å². The van der Waals surface area contributed by atoms with Gasteiger partial charge in [-0.1, -0.05) is 59.7 Å². The smallest absolute Gasteiger partial charge is 0.255 e. The zero-order chi connectivity index (χ0) is 21.5. The van der Waals surface area contributed by atoms with E-state index in [0.29, 0.717) is 5.57 Å². The number of imidazole rings is 1. The van der Waals surface area contributed by atoms with Crippen LogP contribution in [0.5, 0.6) is 0 Å². The van der Waals surface area contributed by atoms with Crippen molar-refractivity contribution in [1.29, 1.82) is 0 Å². The van der Waals surface area contributed by atoms with Crippen molar-refractivity contribution in [2.75, 3.05) is 10.6 Å². The van der Waals surface area contributed by atoms with E-state index in [9.17, 15) is 4.79 Å². The number of carbonyl (C=O) groups is 1. The fraction of sp³-hybridized carbons (Fsp3) is 0.154. The van der Waals surface area contributed by atoms with Crippen LogP contribution in [0.1, 0.15) is 29.7 Å². The summed E-state index contributed by atoms with van der Waals surface area (Å²) in [6.45, 7) is 6.04. The van der Waals surface area contributed by atoms with Crippen molar-refractivity contribution < 1.29 is 4.79 Å².